The van der Waals surface area contributed by atoms with Crippen molar-refractivity contribution in [2.75, 3.05) is 12.4 Å². The van der Waals surface area contributed by atoms with Gasteiger partial charge in [0.15, 0.2) is 0 Å². The lowest BCUT2D eigenvalue weighted by atomic mass is 10.1. The smallest absolute Gasteiger partial charge is 0.267 e. The van der Waals surface area contributed by atoms with E-state index < -0.39 is 0 Å². The molecule has 5 nitrogen and oxygen atoms in total. The second kappa shape index (κ2) is 6.00. The topological polar surface area (TPSA) is 64.1 Å². The molecule has 2 aromatic heterocycles. The summed E-state index contributed by atoms with van der Waals surface area (Å²) < 4.78 is 4.98. The quantitative estimate of drug-likeness (QED) is 0.939. The van der Waals surface area contributed by atoms with Gasteiger partial charge < -0.3 is 10.1 Å². The number of hydrogen-bond acceptors (Lipinski definition) is 5. The number of methoxy groups -OCH3 is 1. The minimum absolute atomic E-state index is 0.147. The van der Waals surface area contributed by atoms with Crippen molar-refractivity contribution >= 4 is 22.9 Å². The fraction of sp³-hybridized carbons (Fsp3) is 0.357. The monoisotopic (exact) mass is 291 g/mol. The first-order valence-electron chi connectivity index (χ1n) is 6.30. The maximum Gasteiger partial charge on any atom is 0.267 e. The molecule has 0 aromatic carbocycles. The number of aryl methyl sites for hydroxylation is 1. The molecule has 0 aliphatic rings. The summed E-state index contributed by atoms with van der Waals surface area (Å²) in [7, 11) is 1.55. The highest BCUT2D eigenvalue weighted by atomic mass is 32.1. The second-order valence-electron chi connectivity index (χ2n) is 4.65. The highest BCUT2D eigenvalue weighted by molar-refractivity contribution is 7.13. The van der Waals surface area contributed by atoms with Gasteiger partial charge in [-0.25, -0.2) is 9.97 Å². The van der Waals surface area contributed by atoms with E-state index in [0.29, 0.717) is 16.4 Å². The van der Waals surface area contributed by atoms with Gasteiger partial charge in [-0.15, -0.1) is 11.3 Å². The predicted molar refractivity (Wildman–Crippen MR) is 79.7 cm³/mol. The van der Waals surface area contributed by atoms with Crippen LogP contribution in [0.15, 0.2) is 18.3 Å². The molecule has 2 rings (SSSR count). The highest BCUT2D eigenvalue weighted by Crippen LogP contribution is 2.25. The van der Waals surface area contributed by atoms with Gasteiger partial charge in [0.05, 0.1) is 29.7 Å². The summed E-state index contributed by atoms with van der Waals surface area (Å²) in [5, 5.41) is 3.73. The zero-order valence-corrected chi connectivity index (χ0v) is 12.7. The largest absolute Gasteiger partial charge is 0.481 e. The van der Waals surface area contributed by atoms with E-state index in [9.17, 15) is 4.79 Å². The number of pyridine rings is 1. The van der Waals surface area contributed by atoms with Gasteiger partial charge in [-0.05, 0) is 18.9 Å². The summed E-state index contributed by atoms with van der Waals surface area (Å²) in [6, 6.07) is 3.46. The third kappa shape index (κ3) is 3.14. The Labute approximate surface area is 122 Å². The Balaban J connectivity index is 2.19. The Morgan fingerprint density at radius 3 is 2.70 bits per heavy atom. The fourth-order valence-electron chi connectivity index (χ4n) is 1.76. The Morgan fingerprint density at radius 1 is 1.40 bits per heavy atom. The van der Waals surface area contributed by atoms with Gasteiger partial charge in [-0.1, -0.05) is 13.8 Å². The third-order valence-corrected chi connectivity index (χ3v) is 3.70. The number of nitrogens with zero attached hydrogens (tertiary/aromatic N) is 2. The van der Waals surface area contributed by atoms with Gasteiger partial charge in [0.25, 0.3) is 5.91 Å². The molecule has 2 aromatic rings. The van der Waals surface area contributed by atoms with Crippen molar-refractivity contribution in [1.29, 1.82) is 0 Å². The van der Waals surface area contributed by atoms with E-state index in [1.807, 2.05) is 20.8 Å². The minimum atomic E-state index is -0.147. The van der Waals surface area contributed by atoms with Crippen molar-refractivity contribution in [2.24, 2.45) is 0 Å². The van der Waals surface area contributed by atoms with Crippen LogP contribution in [0, 0.1) is 6.92 Å². The second-order valence-corrected chi connectivity index (χ2v) is 5.85. The number of anilines is 1. The molecule has 0 spiro atoms. The van der Waals surface area contributed by atoms with Crippen LogP contribution in [0.5, 0.6) is 5.88 Å². The number of thiazole rings is 1. The molecule has 0 atom stereocenters. The highest BCUT2D eigenvalue weighted by Gasteiger charge is 2.19. The molecule has 0 saturated heterocycles. The van der Waals surface area contributed by atoms with E-state index >= 15 is 0 Å². The van der Waals surface area contributed by atoms with Crippen LogP contribution in [-0.4, -0.2) is 23.0 Å². The molecule has 0 radical (unpaired) electrons. The van der Waals surface area contributed by atoms with Crippen molar-refractivity contribution in [3.8, 4) is 5.88 Å². The maximum atomic E-state index is 12.3. The average molecular weight is 291 g/mol. The number of carbonyl (C=O) groups is 1. The van der Waals surface area contributed by atoms with Crippen LogP contribution >= 0.6 is 11.3 Å². The Hall–Kier alpha value is -1.95. The first-order chi connectivity index (χ1) is 9.51. The summed E-state index contributed by atoms with van der Waals surface area (Å²) in [6.45, 7) is 5.96. The van der Waals surface area contributed by atoms with E-state index in [4.69, 9.17) is 4.74 Å². The number of aromatic nitrogens is 2. The van der Waals surface area contributed by atoms with Gasteiger partial charge >= 0.3 is 0 Å². The lowest BCUT2D eigenvalue weighted by molar-refractivity contribution is 0.102. The number of amides is 1. The summed E-state index contributed by atoms with van der Waals surface area (Å²) in [6.07, 6.45) is 1.57. The van der Waals surface area contributed by atoms with E-state index in [1.54, 1.807) is 25.4 Å². The molecule has 0 aliphatic carbocycles. The SMILES string of the molecule is COc1ccc(NC(=O)c2sc(C)nc2C(C)C)cn1. The van der Waals surface area contributed by atoms with Crippen LogP contribution in [0.1, 0.15) is 40.1 Å². The average Bonchev–Trinajstić information content (AvgIpc) is 2.82. The molecular weight excluding hydrogens is 274 g/mol. The molecular formula is C14H17N3O2S. The predicted octanol–water partition coefficient (Wildman–Crippen LogP) is 3.23. The number of nitrogens with one attached hydrogen (secondary N) is 1. The van der Waals surface area contributed by atoms with Crippen LogP contribution in [-0.2, 0) is 0 Å². The van der Waals surface area contributed by atoms with Crippen LogP contribution in [0.3, 0.4) is 0 Å². The lowest BCUT2D eigenvalue weighted by Crippen LogP contribution is -2.13. The minimum Gasteiger partial charge on any atom is -0.481 e. The number of hydrogen-bond donors (Lipinski definition) is 1. The van der Waals surface area contributed by atoms with Gasteiger partial charge in [-0.3, -0.25) is 4.79 Å². The van der Waals surface area contributed by atoms with Crippen LogP contribution in [0.25, 0.3) is 0 Å². The molecule has 0 fully saturated rings. The first kappa shape index (κ1) is 14.5. The van der Waals surface area contributed by atoms with Gasteiger partial charge in [-0.2, -0.15) is 0 Å². The molecule has 6 heteroatoms. The van der Waals surface area contributed by atoms with Crippen molar-refractivity contribution in [3.05, 3.63) is 33.9 Å². The lowest BCUT2D eigenvalue weighted by Gasteiger charge is -2.07. The standard InChI is InChI=1S/C14H17N3O2S/c1-8(2)12-13(20-9(3)16-12)14(18)17-10-5-6-11(19-4)15-7-10/h5-8H,1-4H3,(H,17,18). The van der Waals surface area contributed by atoms with Crippen LogP contribution in [0.2, 0.25) is 0 Å². The molecule has 106 valence electrons. The Bertz CT molecular complexity index is 605. The summed E-state index contributed by atoms with van der Waals surface area (Å²) in [5.74, 6) is 0.584. The zero-order valence-electron chi connectivity index (χ0n) is 11.9. The zero-order chi connectivity index (χ0) is 14.7. The van der Waals surface area contributed by atoms with Crippen LogP contribution in [0.4, 0.5) is 5.69 Å². The molecule has 2 heterocycles. The van der Waals surface area contributed by atoms with Crippen molar-refractivity contribution < 1.29 is 9.53 Å². The van der Waals surface area contributed by atoms with Crippen molar-refractivity contribution in [3.63, 3.8) is 0 Å². The third-order valence-electron chi connectivity index (χ3n) is 2.72. The summed E-state index contributed by atoms with van der Waals surface area (Å²) in [5.41, 5.74) is 1.48. The van der Waals surface area contributed by atoms with E-state index in [1.165, 1.54) is 11.3 Å². The normalized spacial score (nSPS) is 10.7. The van der Waals surface area contributed by atoms with E-state index in [-0.39, 0.29) is 11.8 Å². The van der Waals surface area contributed by atoms with Crippen LogP contribution < -0.4 is 10.1 Å². The maximum absolute atomic E-state index is 12.3. The first-order valence-corrected chi connectivity index (χ1v) is 7.11. The van der Waals surface area contributed by atoms with Gasteiger partial charge in [0.1, 0.15) is 4.88 Å². The van der Waals surface area contributed by atoms with E-state index in [0.717, 1.165) is 10.7 Å². The molecule has 0 unspecified atom stereocenters. The molecule has 1 amide bonds. The molecule has 0 bridgehead atoms. The Morgan fingerprint density at radius 2 is 2.15 bits per heavy atom. The summed E-state index contributed by atoms with van der Waals surface area (Å²) >= 11 is 1.41. The molecule has 0 aliphatic heterocycles. The Kier molecular flexibility index (Phi) is 4.34. The van der Waals surface area contributed by atoms with Gasteiger partial charge in [0, 0.05) is 6.07 Å². The number of ether oxygens (including phenoxy) is 1. The van der Waals surface area contributed by atoms with Crippen molar-refractivity contribution in [2.45, 2.75) is 26.7 Å². The van der Waals surface area contributed by atoms with E-state index in [2.05, 4.69) is 15.3 Å². The van der Waals surface area contributed by atoms with Crippen molar-refractivity contribution in [1.82, 2.24) is 9.97 Å². The van der Waals surface area contributed by atoms with Gasteiger partial charge in [0.2, 0.25) is 5.88 Å². The summed E-state index contributed by atoms with van der Waals surface area (Å²) in [4.78, 5) is 21.4. The molecule has 20 heavy (non-hydrogen) atoms. The number of carbonyl (C=O) groups excluding carboxylic acids is 1. The number of rotatable bonds is 4. The molecule has 1 N–H and O–H groups in total. The fourth-order valence-corrected chi connectivity index (χ4v) is 2.73. The molecule has 0 saturated carbocycles.